The highest BCUT2D eigenvalue weighted by Gasteiger charge is 2.00. The number of aliphatic hydroxyl groups is 1. The zero-order chi connectivity index (χ0) is 8.97. The standard InChI is InChI=1S/C8H12N2OS/c1-12-7-3-2-6(5-11)8(4-7)10-9/h2-4,10-11H,5,9H2,1H3. The van der Waals surface area contributed by atoms with Crippen molar-refractivity contribution >= 4 is 17.4 Å². The summed E-state index contributed by atoms with van der Waals surface area (Å²) in [5.74, 6) is 5.28. The van der Waals surface area contributed by atoms with Gasteiger partial charge in [-0.1, -0.05) is 6.07 Å². The van der Waals surface area contributed by atoms with E-state index in [1.807, 2.05) is 24.5 Å². The average Bonchev–Trinajstić information content (AvgIpc) is 2.16. The topological polar surface area (TPSA) is 58.3 Å². The van der Waals surface area contributed by atoms with Crippen LogP contribution in [0.15, 0.2) is 23.1 Å². The maximum absolute atomic E-state index is 8.91. The van der Waals surface area contributed by atoms with Crippen molar-refractivity contribution in [2.75, 3.05) is 11.7 Å². The monoisotopic (exact) mass is 184 g/mol. The predicted molar refractivity (Wildman–Crippen MR) is 52.0 cm³/mol. The van der Waals surface area contributed by atoms with E-state index in [0.717, 1.165) is 16.1 Å². The van der Waals surface area contributed by atoms with Crippen LogP contribution in [0.3, 0.4) is 0 Å². The molecule has 0 aliphatic carbocycles. The minimum Gasteiger partial charge on any atom is -0.392 e. The molecular formula is C8H12N2OS. The Morgan fingerprint density at radius 1 is 1.58 bits per heavy atom. The SMILES string of the molecule is CSc1ccc(CO)c(NN)c1. The number of nitrogens with one attached hydrogen (secondary N) is 1. The van der Waals surface area contributed by atoms with Crippen molar-refractivity contribution in [2.45, 2.75) is 11.5 Å². The van der Waals surface area contributed by atoms with Gasteiger partial charge in [0.15, 0.2) is 0 Å². The number of hydrogen-bond acceptors (Lipinski definition) is 4. The molecule has 0 saturated carbocycles. The van der Waals surface area contributed by atoms with Crippen molar-refractivity contribution in [2.24, 2.45) is 5.84 Å². The fourth-order valence-electron chi connectivity index (χ4n) is 0.955. The molecule has 0 saturated heterocycles. The van der Waals surface area contributed by atoms with Crippen molar-refractivity contribution in [3.63, 3.8) is 0 Å². The van der Waals surface area contributed by atoms with Crippen LogP contribution in [0.5, 0.6) is 0 Å². The number of hydrazine groups is 1. The number of thioether (sulfide) groups is 1. The summed E-state index contributed by atoms with van der Waals surface area (Å²) < 4.78 is 0. The summed E-state index contributed by atoms with van der Waals surface area (Å²) in [6, 6.07) is 5.73. The maximum Gasteiger partial charge on any atom is 0.0702 e. The van der Waals surface area contributed by atoms with Gasteiger partial charge in [-0.15, -0.1) is 11.8 Å². The van der Waals surface area contributed by atoms with Gasteiger partial charge in [-0.3, -0.25) is 5.84 Å². The van der Waals surface area contributed by atoms with Crippen LogP contribution in [0.1, 0.15) is 5.56 Å². The van der Waals surface area contributed by atoms with Gasteiger partial charge in [-0.2, -0.15) is 0 Å². The number of anilines is 1. The normalized spacial score (nSPS) is 9.92. The van der Waals surface area contributed by atoms with Gasteiger partial charge in [0, 0.05) is 10.5 Å². The van der Waals surface area contributed by atoms with E-state index >= 15 is 0 Å². The highest BCUT2D eigenvalue weighted by molar-refractivity contribution is 7.98. The first kappa shape index (κ1) is 9.38. The van der Waals surface area contributed by atoms with Gasteiger partial charge in [-0.05, 0) is 18.4 Å². The second-order valence-electron chi connectivity index (χ2n) is 2.33. The quantitative estimate of drug-likeness (QED) is 0.375. The van der Waals surface area contributed by atoms with Gasteiger partial charge < -0.3 is 10.5 Å². The molecule has 3 nitrogen and oxygen atoms in total. The second-order valence-corrected chi connectivity index (χ2v) is 3.21. The Morgan fingerprint density at radius 3 is 2.83 bits per heavy atom. The molecule has 0 spiro atoms. The molecule has 1 rings (SSSR count). The van der Waals surface area contributed by atoms with E-state index in [9.17, 15) is 0 Å². The maximum atomic E-state index is 8.91. The van der Waals surface area contributed by atoms with E-state index in [2.05, 4.69) is 5.43 Å². The zero-order valence-electron chi connectivity index (χ0n) is 6.87. The van der Waals surface area contributed by atoms with E-state index < -0.39 is 0 Å². The van der Waals surface area contributed by atoms with Gasteiger partial charge >= 0.3 is 0 Å². The van der Waals surface area contributed by atoms with Crippen LogP contribution in [0.25, 0.3) is 0 Å². The van der Waals surface area contributed by atoms with Crippen LogP contribution in [0, 0.1) is 0 Å². The minimum absolute atomic E-state index is 0.00813. The minimum atomic E-state index is 0.00813. The summed E-state index contributed by atoms with van der Waals surface area (Å²) in [4.78, 5) is 1.13. The number of hydrogen-bond donors (Lipinski definition) is 3. The number of rotatable bonds is 3. The Balaban J connectivity index is 3.02. The van der Waals surface area contributed by atoms with Crippen molar-refractivity contribution in [3.8, 4) is 0 Å². The van der Waals surface area contributed by atoms with Gasteiger partial charge in [0.05, 0.1) is 12.3 Å². The van der Waals surface area contributed by atoms with Crippen LogP contribution in [-0.2, 0) is 6.61 Å². The van der Waals surface area contributed by atoms with Crippen molar-refractivity contribution in [3.05, 3.63) is 23.8 Å². The summed E-state index contributed by atoms with van der Waals surface area (Å²) in [6.07, 6.45) is 1.99. The third-order valence-electron chi connectivity index (χ3n) is 1.64. The highest BCUT2D eigenvalue weighted by Crippen LogP contribution is 2.22. The van der Waals surface area contributed by atoms with Crippen molar-refractivity contribution in [1.29, 1.82) is 0 Å². The van der Waals surface area contributed by atoms with Gasteiger partial charge in [-0.25, -0.2) is 0 Å². The number of nitrogen functional groups attached to an aromatic ring is 1. The van der Waals surface area contributed by atoms with Gasteiger partial charge in [0.25, 0.3) is 0 Å². The largest absolute Gasteiger partial charge is 0.392 e. The first-order chi connectivity index (χ1) is 5.81. The molecule has 0 heterocycles. The second kappa shape index (κ2) is 4.35. The average molecular weight is 184 g/mol. The molecule has 4 N–H and O–H groups in total. The van der Waals surface area contributed by atoms with E-state index in [-0.39, 0.29) is 6.61 Å². The Bertz CT molecular complexity index is 265. The van der Waals surface area contributed by atoms with Crippen LogP contribution in [0.2, 0.25) is 0 Å². The molecule has 0 fully saturated rings. The summed E-state index contributed by atoms with van der Waals surface area (Å²) in [5.41, 5.74) is 4.14. The molecule has 1 aromatic carbocycles. The molecule has 0 aromatic heterocycles. The van der Waals surface area contributed by atoms with Crippen LogP contribution >= 0.6 is 11.8 Å². The first-order valence-corrected chi connectivity index (χ1v) is 4.78. The van der Waals surface area contributed by atoms with Crippen molar-refractivity contribution in [1.82, 2.24) is 0 Å². The Hall–Kier alpha value is -0.710. The highest BCUT2D eigenvalue weighted by atomic mass is 32.2. The molecule has 0 aliphatic rings. The molecule has 0 atom stereocenters. The lowest BCUT2D eigenvalue weighted by atomic mass is 10.2. The summed E-state index contributed by atoms with van der Waals surface area (Å²) in [6.45, 7) is 0.00813. The summed E-state index contributed by atoms with van der Waals surface area (Å²) in [7, 11) is 0. The molecule has 0 amide bonds. The van der Waals surface area contributed by atoms with E-state index in [4.69, 9.17) is 10.9 Å². The molecule has 4 heteroatoms. The number of benzene rings is 1. The summed E-state index contributed by atoms with van der Waals surface area (Å²) >= 11 is 1.64. The van der Waals surface area contributed by atoms with E-state index in [1.165, 1.54) is 0 Å². The molecule has 0 bridgehead atoms. The lowest BCUT2D eigenvalue weighted by Gasteiger charge is -2.07. The molecule has 12 heavy (non-hydrogen) atoms. The van der Waals surface area contributed by atoms with Crippen LogP contribution < -0.4 is 11.3 Å². The van der Waals surface area contributed by atoms with Crippen LogP contribution in [-0.4, -0.2) is 11.4 Å². The smallest absolute Gasteiger partial charge is 0.0702 e. The Labute approximate surface area is 75.9 Å². The van der Waals surface area contributed by atoms with Crippen LogP contribution in [0.4, 0.5) is 5.69 Å². The first-order valence-electron chi connectivity index (χ1n) is 3.56. The fourth-order valence-corrected chi connectivity index (χ4v) is 1.39. The predicted octanol–water partition coefficient (Wildman–Crippen LogP) is 1.19. The third kappa shape index (κ3) is 1.91. The van der Waals surface area contributed by atoms with Gasteiger partial charge in [0.1, 0.15) is 0 Å². The molecule has 0 radical (unpaired) electrons. The number of aliphatic hydroxyl groups excluding tert-OH is 1. The fraction of sp³-hybridized carbons (Fsp3) is 0.250. The summed E-state index contributed by atoms with van der Waals surface area (Å²) in [5, 5.41) is 8.91. The number of nitrogens with two attached hydrogens (primary N) is 1. The van der Waals surface area contributed by atoms with Crippen molar-refractivity contribution < 1.29 is 5.11 Å². The lowest BCUT2D eigenvalue weighted by molar-refractivity contribution is 0.282. The molecule has 1 aromatic rings. The zero-order valence-corrected chi connectivity index (χ0v) is 7.69. The third-order valence-corrected chi connectivity index (χ3v) is 2.37. The molecular weight excluding hydrogens is 172 g/mol. The van der Waals surface area contributed by atoms with E-state index in [1.54, 1.807) is 11.8 Å². The molecule has 66 valence electrons. The molecule has 0 aliphatic heterocycles. The Kier molecular flexibility index (Phi) is 3.40. The Morgan fingerprint density at radius 2 is 2.33 bits per heavy atom. The molecule has 0 unspecified atom stereocenters. The van der Waals surface area contributed by atoms with E-state index in [0.29, 0.717) is 0 Å². The lowest BCUT2D eigenvalue weighted by Crippen LogP contribution is -2.09. The van der Waals surface area contributed by atoms with Gasteiger partial charge in [0.2, 0.25) is 0 Å².